The summed E-state index contributed by atoms with van der Waals surface area (Å²) >= 11 is 0. The molecule has 0 spiro atoms. The maximum atomic E-state index is 12.4. The van der Waals surface area contributed by atoms with Gasteiger partial charge in [0.25, 0.3) is 0 Å². The number of rotatable bonds is 9. The van der Waals surface area contributed by atoms with Crippen LogP contribution in [-0.4, -0.2) is 36.1 Å². The Labute approximate surface area is 153 Å². The van der Waals surface area contributed by atoms with Gasteiger partial charge >= 0.3 is 6.09 Å². The summed E-state index contributed by atoms with van der Waals surface area (Å²) in [4.78, 5) is 12.4. The third kappa shape index (κ3) is 5.75. The Bertz CT molecular complexity index is 677. The molecule has 0 saturated carbocycles. The molecule has 2 rings (SSSR count). The summed E-state index contributed by atoms with van der Waals surface area (Å²) in [5, 5.41) is 21.0. The summed E-state index contributed by atoms with van der Waals surface area (Å²) in [6.45, 7) is 1.93. The average molecular weight is 359 g/mol. The summed E-state index contributed by atoms with van der Waals surface area (Å²) in [7, 11) is 0. The highest BCUT2D eigenvalue weighted by atomic mass is 16.6. The number of hydrogen-bond donors (Lipinski definition) is 3. The molecule has 0 unspecified atom stereocenters. The van der Waals surface area contributed by atoms with E-state index in [-0.39, 0.29) is 25.7 Å². The molecule has 0 aliphatic carbocycles. The third-order valence-corrected chi connectivity index (χ3v) is 3.93. The predicted octanol–water partition coefficient (Wildman–Crippen LogP) is 3.37. The van der Waals surface area contributed by atoms with Gasteiger partial charge in [-0.05, 0) is 30.5 Å². The lowest BCUT2D eigenvalue weighted by atomic mass is 9.94. The number of para-hydroxylation sites is 2. The molecule has 6 heteroatoms. The molecule has 0 saturated heterocycles. The summed E-state index contributed by atoms with van der Waals surface area (Å²) in [5.41, 5.74) is 1.33. The predicted molar refractivity (Wildman–Crippen MR) is 99.2 cm³/mol. The zero-order chi connectivity index (χ0) is 18.8. The van der Waals surface area contributed by atoms with Crippen molar-refractivity contribution < 1.29 is 24.5 Å². The van der Waals surface area contributed by atoms with Crippen molar-refractivity contribution in [3.63, 3.8) is 0 Å². The molecule has 0 radical (unpaired) electrons. The fourth-order valence-corrected chi connectivity index (χ4v) is 2.63. The molecule has 0 aliphatic heterocycles. The van der Waals surface area contributed by atoms with E-state index in [2.05, 4.69) is 5.32 Å². The van der Waals surface area contributed by atoms with Crippen molar-refractivity contribution in [3.8, 4) is 5.75 Å². The number of amides is 1. The number of aliphatic hydroxyl groups is 2. The number of carbonyl (C=O) groups excluding carboxylic acids is 1. The van der Waals surface area contributed by atoms with Crippen LogP contribution in [0.15, 0.2) is 54.6 Å². The Morgan fingerprint density at radius 1 is 1.04 bits per heavy atom. The molecule has 2 aromatic rings. The molecule has 0 aromatic heterocycles. The monoisotopic (exact) mass is 359 g/mol. The largest absolute Gasteiger partial charge is 0.491 e. The smallest absolute Gasteiger partial charge is 0.412 e. The molecular formula is C20H25NO5. The summed E-state index contributed by atoms with van der Waals surface area (Å²) in [5.74, 6) is 0.421. The van der Waals surface area contributed by atoms with Crippen LogP contribution in [0.3, 0.4) is 0 Å². The van der Waals surface area contributed by atoms with Crippen LogP contribution in [0.5, 0.6) is 5.75 Å². The summed E-state index contributed by atoms with van der Waals surface area (Å²) in [6.07, 6.45) is -0.707. The maximum absolute atomic E-state index is 12.4. The quantitative estimate of drug-likeness (QED) is 0.639. The Morgan fingerprint density at radius 3 is 2.42 bits per heavy atom. The van der Waals surface area contributed by atoms with Crippen LogP contribution < -0.4 is 10.1 Å². The number of carbonyl (C=O) groups is 1. The van der Waals surface area contributed by atoms with Gasteiger partial charge in [0.15, 0.2) is 0 Å². The Balaban J connectivity index is 2.19. The molecule has 6 nitrogen and oxygen atoms in total. The molecule has 2 aromatic carbocycles. The van der Waals surface area contributed by atoms with Gasteiger partial charge in [0.2, 0.25) is 0 Å². The second-order valence-electron chi connectivity index (χ2n) is 5.92. The van der Waals surface area contributed by atoms with Gasteiger partial charge < -0.3 is 19.7 Å². The molecule has 0 aliphatic rings. The van der Waals surface area contributed by atoms with Gasteiger partial charge in [-0.25, -0.2) is 4.79 Å². The molecule has 26 heavy (non-hydrogen) atoms. The van der Waals surface area contributed by atoms with Gasteiger partial charge in [-0.15, -0.1) is 0 Å². The Morgan fingerprint density at radius 2 is 1.73 bits per heavy atom. The molecule has 140 valence electrons. The number of benzene rings is 2. The first-order valence-corrected chi connectivity index (χ1v) is 8.61. The second-order valence-corrected chi connectivity index (χ2v) is 5.92. The highest BCUT2D eigenvalue weighted by molar-refractivity contribution is 5.84. The number of ether oxygens (including phenoxy) is 2. The molecule has 3 N–H and O–H groups in total. The first-order valence-electron chi connectivity index (χ1n) is 8.61. The minimum atomic E-state index is -0.597. The van der Waals surface area contributed by atoms with Gasteiger partial charge in [-0.3, -0.25) is 5.32 Å². The van der Waals surface area contributed by atoms with Crippen molar-refractivity contribution >= 4 is 11.8 Å². The number of anilines is 1. The molecule has 1 amide bonds. The van der Waals surface area contributed by atoms with Crippen LogP contribution in [0, 0.1) is 5.92 Å². The van der Waals surface area contributed by atoms with Crippen LogP contribution in [0.25, 0.3) is 0 Å². The minimum Gasteiger partial charge on any atom is -0.491 e. The van der Waals surface area contributed by atoms with Crippen LogP contribution in [0.1, 0.15) is 25.0 Å². The number of nitrogens with one attached hydrogen (secondary N) is 1. The van der Waals surface area contributed by atoms with E-state index in [1.54, 1.807) is 18.2 Å². The zero-order valence-electron chi connectivity index (χ0n) is 14.8. The third-order valence-electron chi connectivity index (χ3n) is 3.93. The van der Waals surface area contributed by atoms with Crippen molar-refractivity contribution in [1.29, 1.82) is 0 Å². The van der Waals surface area contributed by atoms with Gasteiger partial charge in [0.1, 0.15) is 18.5 Å². The molecular weight excluding hydrogens is 334 g/mol. The Kier molecular flexibility index (Phi) is 7.92. The lowest BCUT2D eigenvalue weighted by molar-refractivity contribution is 0.0641. The van der Waals surface area contributed by atoms with E-state index < -0.39 is 12.2 Å². The van der Waals surface area contributed by atoms with E-state index in [0.717, 1.165) is 0 Å². The normalized spacial score (nSPS) is 12.9. The van der Waals surface area contributed by atoms with Crippen LogP contribution in [0.4, 0.5) is 10.5 Å². The zero-order valence-corrected chi connectivity index (χ0v) is 14.8. The van der Waals surface area contributed by atoms with E-state index >= 15 is 0 Å². The first-order chi connectivity index (χ1) is 12.7. The average Bonchev–Trinajstić information content (AvgIpc) is 2.66. The molecule has 0 fully saturated rings. The van der Waals surface area contributed by atoms with Crippen molar-refractivity contribution in [2.75, 3.05) is 25.1 Å². The van der Waals surface area contributed by atoms with Gasteiger partial charge in [-0.1, -0.05) is 43.3 Å². The van der Waals surface area contributed by atoms with Crippen LogP contribution in [0.2, 0.25) is 0 Å². The Hall–Kier alpha value is -2.57. The topological polar surface area (TPSA) is 88.0 Å². The van der Waals surface area contributed by atoms with Gasteiger partial charge in [0.05, 0.1) is 6.61 Å². The van der Waals surface area contributed by atoms with E-state index in [1.807, 2.05) is 43.3 Å². The number of aliphatic hydroxyl groups excluding tert-OH is 2. The summed E-state index contributed by atoms with van der Waals surface area (Å²) < 4.78 is 11.2. The van der Waals surface area contributed by atoms with Gasteiger partial charge in [-0.2, -0.15) is 0 Å². The van der Waals surface area contributed by atoms with Crippen molar-refractivity contribution in [2.24, 2.45) is 5.92 Å². The van der Waals surface area contributed by atoms with Gasteiger partial charge in [0, 0.05) is 17.9 Å². The molecule has 0 bridgehead atoms. The summed E-state index contributed by atoms with van der Waals surface area (Å²) in [6, 6.07) is 16.3. The fourth-order valence-electron chi connectivity index (χ4n) is 2.63. The van der Waals surface area contributed by atoms with E-state index in [1.165, 1.54) is 0 Å². The highest BCUT2D eigenvalue weighted by Gasteiger charge is 2.26. The second kappa shape index (κ2) is 10.4. The van der Waals surface area contributed by atoms with Crippen molar-refractivity contribution in [1.82, 2.24) is 0 Å². The molecule has 0 heterocycles. The van der Waals surface area contributed by atoms with Crippen LogP contribution in [-0.2, 0) is 4.74 Å². The molecule has 2 atom stereocenters. The van der Waals surface area contributed by atoms with E-state index in [0.29, 0.717) is 23.4 Å². The SMILES string of the molecule is C[C@H](CCO)[C@@H](OC(=O)Nc1ccccc1)c1ccccc1OCCO. The van der Waals surface area contributed by atoms with E-state index in [4.69, 9.17) is 14.6 Å². The lowest BCUT2D eigenvalue weighted by Gasteiger charge is -2.26. The van der Waals surface area contributed by atoms with Crippen molar-refractivity contribution in [2.45, 2.75) is 19.4 Å². The number of hydrogen-bond acceptors (Lipinski definition) is 5. The van der Waals surface area contributed by atoms with E-state index in [9.17, 15) is 9.90 Å². The fraction of sp³-hybridized carbons (Fsp3) is 0.350. The minimum absolute atomic E-state index is 0.0129. The lowest BCUT2D eigenvalue weighted by Crippen LogP contribution is -2.23. The maximum Gasteiger partial charge on any atom is 0.412 e. The van der Waals surface area contributed by atoms with Crippen LogP contribution >= 0.6 is 0 Å². The highest BCUT2D eigenvalue weighted by Crippen LogP contribution is 2.35. The standard InChI is InChI=1S/C20H25NO5/c1-15(11-12-22)19(17-9-5-6-10-18(17)25-14-13-23)26-20(24)21-16-7-3-2-4-8-16/h2-10,15,19,22-23H,11-14H2,1H3,(H,21,24)/t15-,19-/m1/s1. The van der Waals surface area contributed by atoms with Crippen molar-refractivity contribution in [3.05, 3.63) is 60.2 Å². The first kappa shape index (κ1) is 19.8.